The minimum atomic E-state index is -0.0584. The van der Waals surface area contributed by atoms with Crippen LogP contribution in [0.15, 0.2) is 16.9 Å². The fourth-order valence-corrected chi connectivity index (χ4v) is 3.72. The van der Waals surface area contributed by atoms with Crippen LogP contribution in [0, 0.1) is 13.8 Å². The van der Waals surface area contributed by atoms with E-state index in [2.05, 4.69) is 31.8 Å². The summed E-state index contributed by atoms with van der Waals surface area (Å²) in [6.07, 6.45) is 5.69. The number of nitrogens with one attached hydrogen (secondary N) is 1. The van der Waals surface area contributed by atoms with Gasteiger partial charge in [-0.25, -0.2) is 15.0 Å². The van der Waals surface area contributed by atoms with Gasteiger partial charge in [0.25, 0.3) is 5.91 Å². The van der Waals surface area contributed by atoms with E-state index in [1.807, 2.05) is 24.9 Å². The monoisotopic (exact) mass is 366 g/mol. The number of rotatable bonds is 3. The van der Waals surface area contributed by atoms with Gasteiger partial charge >= 0.3 is 0 Å². The van der Waals surface area contributed by atoms with Gasteiger partial charge in [-0.2, -0.15) is 0 Å². The largest absolute Gasteiger partial charge is 0.442 e. The standard InChI is InChI=1S/C19H22N6O2/c1-11-8-24-6-7-25(9-13(24)22-11)18(26)14-12(2)27-17-15(14)16(20-10-21-17)23-19(3)4-5-19/h8,10H,4-7,9H2,1-3H3,(H,20,21,23). The summed E-state index contributed by atoms with van der Waals surface area (Å²) in [5, 5.41) is 4.15. The number of nitrogens with zero attached hydrogens (tertiary/aromatic N) is 5. The van der Waals surface area contributed by atoms with Crippen molar-refractivity contribution in [3.05, 3.63) is 35.4 Å². The number of imidazole rings is 1. The van der Waals surface area contributed by atoms with Crippen LogP contribution in [0.1, 0.15) is 47.4 Å². The molecule has 1 saturated carbocycles. The van der Waals surface area contributed by atoms with Crippen molar-refractivity contribution in [3.8, 4) is 0 Å². The Bertz CT molecular complexity index is 1060. The van der Waals surface area contributed by atoms with Gasteiger partial charge in [0, 0.05) is 24.8 Å². The van der Waals surface area contributed by atoms with E-state index in [1.54, 1.807) is 0 Å². The van der Waals surface area contributed by atoms with Crippen molar-refractivity contribution in [2.24, 2.45) is 0 Å². The van der Waals surface area contributed by atoms with Crippen molar-refractivity contribution < 1.29 is 9.21 Å². The number of furan rings is 1. The SMILES string of the molecule is Cc1cn2c(n1)CN(C(=O)c1c(C)oc3ncnc(NC4(C)CC4)c13)CC2. The number of hydrogen-bond acceptors (Lipinski definition) is 6. The molecule has 0 saturated heterocycles. The molecule has 1 fully saturated rings. The Kier molecular flexibility index (Phi) is 3.35. The molecule has 1 N–H and O–H groups in total. The first-order valence-corrected chi connectivity index (χ1v) is 9.28. The molecule has 0 radical (unpaired) electrons. The Morgan fingerprint density at radius 2 is 2.07 bits per heavy atom. The number of anilines is 1. The Labute approximate surface area is 156 Å². The zero-order chi connectivity index (χ0) is 18.8. The second-order valence-electron chi connectivity index (χ2n) is 7.84. The van der Waals surface area contributed by atoms with E-state index in [4.69, 9.17) is 4.42 Å². The molecule has 0 unspecified atom stereocenters. The third kappa shape index (κ3) is 2.67. The van der Waals surface area contributed by atoms with Gasteiger partial charge in [0.1, 0.15) is 23.7 Å². The highest BCUT2D eigenvalue weighted by molar-refractivity contribution is 6.10. The molecule has 1 aliphatic heterocycles. The van der Waals surface area contributed by atoms with Crippen LogP contribution < -0.4 is 5.32 Å². The van der Waals surface area contributed by atoms with Crippen LogP contribution in [0.3, 0.4) is 0 Å². The maximum absolute atomic E-state index is 13.4. The summed E-state index contributed by atoms with van der Waals surface area (Å²) >= 11 is 0. The lowest BCUT2D eigenvalue weighted by Gasteiger charge is -2.27. The Morgan fingerprint density at radius 3 is 2.85 bits per heavy atom. The zero-order valence-corrected chi connectivity index (χ0v) is 15.7. The summed E-state index contributed by atoms with van der Waals surface area (Å²) in [6, 6.07) is 0. The number of amides is 1. The van der Waals surface area contributed by atoms with Crippen LogP contribution in [-0.2, 0) is 13.1 Å². The Morgan fingerprint density at radius 1 is 1.26 bits per heavy atom. The first-order chi connectivity index (χ1) is 12.9. The van der Waals surface area contributed by atoms with E-state index in [-0.39, 0.29) is 11.4 Å². The molecule has 8 heteroatoms. The summed E-state index contributed by atoms with van der Waals surface area (Å²) in [7, 11) is 0. The van der Waals surface area contributed by atoms with E-state index in [0.717, 1.165) is 30.9 Å². The number of hydrogen-bond donors (Lipinski definition) is 1. The molecule has 0 bridgehead atoms. The van der Waals surface area contributed by atoms with E-state index in [0.29, 0.717) is 41.3 Å². The van der Waals surface area contributed by atoms with Gasteiger partial charge in [-0.1, -0.05) is 0 Å². The van der Waals surface area contributed by atoms with Crippen molar-refractivity contribution in [3.63, 3.8) is 0 Å². The van der Waals surface area contributed by atoms with Crippen molar-refractivity contribution in [1.82, 2.24) is 24.4 Å². The fourth-order valence-electron chi connectivity index (χ4n) is 3.72. The molecule has 140 valence electrons. The molecule has 5 rings (SSSR count). The molecule has 27 heavy (non-hydrogen) atoms. The predicted octanol–water partition coefficient (Wildman–Crippen LogP) is 2.66. The molecule has 1 amide bonds. The molecule has 8 nitrogen and oxygen atoms in total. The highest BCUT2D eigenvalue weighted by atomic mass is 16.3. The average molecular weight is 366 g/mol. The second-order valence-corrected chi connectivity index (χ2v) is 7.84. The predicted molar refractivity (Wildman–Crippen MR) is 99.5 cm³/mol. The lowest BCUT2D eigenvalue weighted by Crippen LogP contribution is -2.38. The van der Waals surface area contributed by atoms with E-state index < -0.39 is 0 Å². The van der Waals surface area contributed by atoms with Crippen LogP contribution in [0.5, 0.6) is 0 Å². The molecule has 0 spiro atoms. The molecule has 0 aromatic carbocycles. The quantitative estimate of drug-likeness (QED) is 0.767. The molecular formula is C19H22N6O2. The second kappa shape index (κ2) is 5.55. The van der Waals surface area contributed by atoms with Gasteiger partial charge in [0.05, 0.1) is 23.2 Å². The topological polar surface area (TPSA) is 89.1 Å². The highest BCUT2D eigenvalue weighted by Gasteiger charge is 2.39. The summed E-state index contributed by atoms with van der Waals surface area (Å²) in [5.41, 5.74) is 2.02. The van der Waals surface area contributed by atoms with Crippen molar-refractivity contribution in [2.75, 3.05) is 11.9 Å². The van der Waals surface area contributed by atoms with Crippen LogP contribution in [0.4, 0.5) is 5.82 Å². The molecule has 3 aromatic heterocycles. The van der Waals surface area contributed by atoms with Gasteiger partial charge in [-0.3, -0.25) is 4.79 Å². The van der Waals surface area contributed by atoms with E-state index in [1.165, 1.54) is 6.33 Å². The molecule has 4 heterocycles. The lowest BCUT2D eigenvalue weighted by molar-refractivity contribution is 0.0707. The minimum Gasteiger partial charge on any atom is -0.442 e. The van der Waals surface area contributed by atoms with Gasteiger partial charge in [0.15, 0.2) is 0 Å². The Hall–Kier alpha value is -2.90. The van der Waals surface area contributed by atoms with E-state index >= 15 is 0 Å². The summed E-state index contributed by atoms with van der Waals surface area (Å²) in [5.74, 6) is 2.11. The van der Waals surface area contributed by atoms with Crippen LogP contribution in [0.25, 0.3) is 11.1 Å². The maximum atomic E-state index is 13.4. The van der Waals surface area contributed by atoms with Gasteiger partial charge < -0.3 is 19.2 Å². The molecule has 0 atom stereocenters. The molecule has 1 aliphatic carbocycles. The maximum Gasteiger partial charge on any atom is 0.258 e. The molecule has 3 aromatic rings. The smallest absolute Gasteiger partial charge is 0.258 e. The average Bonchev–Trinajstić information content (AvgIpc) is 3.08. The minimum absolute atomic E-state index is 0.0418. The number of aryl methyl sites for hydroxylation is 2. The number of fused-ring (bicyclic) bond motifs is 2. The number of aromatic nitrogens is 4. The number of carbonyl (C=O) groups is 1. The van der Waals surface area contributed by atoms with Crippen molar-refractivity contribution in [1.29, 1.82) is 0 Å². The normalized spacial score (nSPS) is 17.8. The Balaban J connectivity index is 1.54. The molecular weight excluding hydrogens is 344 g/mol. The third-order valence-corrected chi connectivity index (χ3v) is 5.51. The van der Waals surface area contributed by atoms with Crippen LogP contribution in [0.2, 0.25) is 0 Å². The summed E-state index contributed by atoms with van der Waals surface area (Å²) < 4.78 is 7.92. The number of carbonyl (C=O) groups excluding carboxylic acids is 1. The van der Waals surface area contributed by atoms with E-state index in [9.17, 15) is 4.79 Å². The third-order valence-electron chi connectivity index (χ3n) is 5.51. The van der Waals surface area contributed by atoms with Gasteiger partial charge in [-0.15, -0.1) is 0 Å². The van der Waals surface area contributed by atoms with Crippen LogP contribution >= 0.6 is 0 Å². The molecule has 2 aliphatic rings. The lowest BCUT2D eigenvalue weighted by atomic mass is 10.1. The summed E-state index contributed by atoms with van der Waals surface area (Å²) in [6.45, 7) is 7.82. The fraction of sp³-hybridized carbons (Fsp3) is 0.474. The zero-order valence-electron chi connectivity index (χ0n) is 15.7. The van der Waals surface area contributed by atoms with Gasteiger partial charge in [-0.05, 0) is 33.6 Å². The van der Waals surface area contributed by atoms with Gasteiger partial charge in [0.2, 0.25) is 5.71 Å². The van der Waals surface area contributed by atoms with Crippen LogP contribution in [-0.4, -0.2) is 42.4 Å². The first-order valence-electron chi connectivity index (χ1n) is 9.28. The van der Waals surface area contributed by atoms with Crippen molar-refractivity contribution in [2.45, 2.75) is 52.2 Å². The van der Waals surface area contributed by atoms with Crippen molar-refractivity contribution >= 4 is 22.8 Å². The first kappa shape index (κ1) is 16.3. The highest BCUT2D eigenvalue weighted by Crippen LogP contribution is 2.40. The summed E-state index contributed by atoms with van der Waals surface area (Å²) in [4.78, 5) is 28.4.